The molecule has 3 rings (SSSR count). The lowest BCUT2D eigenvalue weighted by atomic mass is 9.89. The lowest BCUT2D eigenvalue weighted by molar-refractivity contribution is 0.0934. The van der Waals surface area contributed by atoms with Crippen molar-refractivity contribution in [1.29, 1.82) is 0 Å². The molecule has 1 aliphatic rings. The molecule has 132 valence electrons. The van der Waals surface area contributed by atoms with Crippen molar-refractivity contribution >= 4 is 11.7 Å². The van der Waals surface area contributed by atoms with Crippen LogP contribution in [-0.2, 0) is 12.8 Å². The van der Waals surface area contributed by atoms with E-state index in [0.717, 1.165) is 29.7 Å². The number of hydrogen-bond acceptors (Lipinski definition) is 2. The Kier molecular flexibility index (Phi) is 4.80. The molecule has 1 unspecified atom stereocenters. The van der Waals surface area contributed by atoms with Gasteiger partial charge in [-0.25, -0.2) is 0 Å². The standard InChI is InChI=1S/C21H26N2O2/c1-12-19(15(4)24)14(3)22-20(12)21(25)23-13(2)17-10-9-16-7-5-6-8-18(16)11-17/h9-11,13,22H,5-8H2,1-4H3,(H,23,25). The predicted molar refractivity (Wildman–Crippen MR) is 99.2 cm³/mol. The second kappa shape index (κ2) is 6.87. The summed E-state index contributed by atoms with van der Waals surface area (Å²) in [5.74, 6) is -0.189. The third-order valence-electron chi connectivity index (χ3n) is 5.24. The number of nitrogens with one attached hydrogen (secondary N) is 2. The fourth-order valence-electron chi connectivity index (χ4n) is 3.88. The average molecular weight is 338 g/mol. The van der Waals surface area contributed by atoms with Crippen molar-refractivity contribution in [3.63, 3.8) is 0 Å². The Morgan fingerprint density at radius 3 is 2.44 bits per heavy atom. The number of H-pyrrole nitrogens is 1. The van der Waals surface area contributed by atoms with Crippen LogP contribution in [0.1, 0.15) is 81.5 Å². The van der Waals surface area contributed by atoms with Gasteiger partial charge < -0.3 is 10.3 Å². The Morgan fingerprint density at radius 2 is 1.80 bits per heavy atom. The van der Waals surface area contributed by atoms with Gasteiger partial charge in [0, 0.05) is 11.3 Å². The molecule has 1 aromatic heterocycles. The Balaban J connectivity index is 1.79. The normalized spacial score (nSPS) is 14.7. The smallest absolute Gasteiger partial charge is 0.268 e. The van der Waals surface area contributed by atoms with Crippen LogP contribution < -0.4 is 5.32 Å². The van der Waals surface area contributed by atoms with E-state index in [4.69, 9.17) is 0 Å². The van der Waals surface area contributed by atoms with E-state index in [-0.39, 0.29) is 17.7 Å². The second-order valence-electron chi connectivity index (χ2n) is 7.11. The maximum atomic E-state index is 12.7. The highest BCUT2D eigenvalue weighted by Gasteiger charge is 2.21. The first-order valence-electron chi connectivity index (χ1n) is 9.01. The highest BCUT2D eigenvalue weighted by molar-refractivity contribution is 6.02. The topological polar surface area (TPSA) is 62.0 Å². The first-order chi connectivity index (χ1) is 11.9. The van der Waals surface area contributed by atoms with Gasteiger partial charge in [0.2, 0.25) is 0 Å². The van der Waals surface area contributed by atoms with Gasteiger partial charge in [-0.3, -0.25) is 9.59 Å². The predicted octanol–water partition coefficient (Wildman–Crippen LogP) is 4.20. The molecule has 0 aliphatic heterocycles. The molecule has 0 saturated heterocycles. The first-order valence-corrected chi connectivity index (χ1v) is 9.01. The van der Waals surface area contributed by atoms with Crippen LogP contribution in [0.25, 0.3) is 0 Å². The lowest BCUT2D eigenvalue weighted by Crippen LogP contribution is -2.27. The van der Waals surface area contributed by atoms with E-state index in [1.165, 1.54) is 30.9 Å². The van der Waals surface area contributed by atoms with E-state index in [1.807, 2.05) is 20.8 Å². The summed E-state index contributed by atoms with van der Waals surface area (Å²) in [5, 5.41) is 3.06. The van der Waals surface area contributed by atoms with Crippen LogP contribution in [0.2, 0.25) is 0 Å². The number of hydrogen-bond donors (Lipinski definition) is 2. The molecule has 0 spiro atoms. The van der Waals surface area contributed by atoms with Gasteiger partial charge >= 0.3 is 0 Å². The number of amides is 1. The van der Waals surface area contributed by atoms with Crippen LogP contribution in [0, 0.1) is 13.8 Å². The number of ketones is 1. The van der Waals surface area contributed by atoms with Crippen molar-refractivity contribution in [2.24, 2.45) is 0 Å². The van der Waals surface area contributed by atoms with E-state index in [1.54, 1.807) is 0 Å². The van der Waals surface area contributed by atoms with Crippen molar-refractivity contribution < 1.29 is 9.59 Å². The number of fused-ring (bicyclic) bond motifs is 1. The molecule has 0 fully saturated rings. The van der Waals surface area contributed by atoms with Gasteiger partial charge in [0.1, 0.15) is 5.69 Å². The average Bonchev–Trinajstić information content (AvgIpc) is 2.89. The molecule has 4 heteroatoms. The molecule has 0 bridgehead atoms. The molecule has 1 aromatic carbocycles. The summed E-state index contributed by atoms with van der Waals surface area (Å²) in [6.45, 7) is 7.17. The van der Waals surface area contributed by atoms with Crippen LogP contribution >= 0.6 is 0 Å². The summed E-state index contributed by atoms with van der Waals surface area (Å²) in [4.78, 5) is 27.5. The zero-order chi connectivity index (χ0) is 18.1. The fourth-order valence-corrected chi connectivity index (χ4v) is 3.88. The largest absolute Gasteiger partial charge is 0.354 e. The highest BCUT2D eigenvalue weighted by Crippen LogP contribution is 2.25. The number of aromatic nitrogens is 1. The summed E-state index contributed by atoms with van der Waals surface area (Å²) < 4.78 is 0. The maximum absolute atomic E-state index is 12.7. The maximum Gasteiger partial charge on any atom is 0.268 e. The van der Waals surface area contributed by atoms with E-state index in [2.05, 4.69) is 28.5 Å². The first kappa shape index (κ1) is 17.5. The van der Waals surface area contributed by atoms with Crippen LogP contribution in [-0.4, -0.2) is 16.7 Å². The summed E-state index contributed by atoms with van der Waals surface area (Å²) >= 11 is 0. The van der Waals surface area contributed by atoms with E-state index >= 15 is 0 Å². The van der Waals surface area contributed by atoms with E-state index in [0.29, 0.717) is 11.3 Å². The number of rotatable bonds is 4. The molecule has 1 amide bonds. The number of carbonyl (C=O) groups is 2. The molecule has 2 N–H and O–H groups in total. The molecule has 25 heavy (non-hydrogen) atoms. The van der Waals surface area contributed by atoms with Gasteiger partial charge in [-0.2, -0.15) is 0 Å². The summed E-state index contributed by atoms with van der Waals surface area (Å²) in [6.07, 6.45) is 4.79. The Labute approximate surface area is 149 Å². The van der Waals surface area contributed by atoms with Gasteiger partial charge in [-0.1, -0.05) is 18.2 Å². The zero-order valence-corrected chi connectivity index (χ0v) is 15.5. The lowest BCUT2D eigenvalue weighted by Gasteiger charge is -2.20. The van der Waals surface area contributed by atoms with Gasteiger partial charge in [-0.15, -0.1) is 0 Å². The van der Waals surface area contributed by atoms with Gasteiger partial charge in [0.15, 0.2) is 5.78 Å². The monoisotopic (exact) mass is 338 g/mol. The Bertz CT molecular complexity index is 833. The van der Waals surface area contributed by atoms with Crippen LogP contribution in [0.3, 0.4) is 0 Å². The minimum atomic E-state index is -0.168. The molecule has 4 nitrogen and oxygen atoms in total. The van der Waals surface area contributed by atoms with E-state index < -0.39 is 0 Å². The quantitative estimate of drug-likeness (QED) is 0.821. The minimum absolute atomic E-state index is 0.0203. The summed E-state index contributed by atoms with van der Waals surface area (Å²) in [5.41, 5.74) is 6.55. The molecular weight excluding hydrogens is 312 g/mol. The van der Waals surface area contributed by atoms with Crippen LogP contribution in [0.15, 0.2) is 18.2 Å². The van der Waals surface area contributed by atoms with Crippen LogP contribution in [0.5, 0.6) is 0 Å². The minimum Gasteiger partial charge on any atom is -0.354 e. The number of aryl methyl sites for hydroxylation is 3. The van der Waals surface area contributed by atoms with Gasteiger partial charge in [0.25, 0.3) is 5.91 Å². The molecule has 1 atom stereocenters. The summed E-state index contributed by atoms with van der Waals surface area (Å²) in [6, 6.07) is 6.46. The fraction of sp³-hybridized carbons (Fsp3) is 0.429. The van der Waals surface area contributed by atoms with Crippen molar-refractivity contribution in [3.05, 3.63) is 57.4 Å². The number of aromatic amines is 1. The van der Waals surface area contributed by atoms with E-state index in [9.17, 15) is 9.59 Å². The van der Waals surface area contributed by atoms with Gasteiger partial charge in [0.05, 0.1) is 6.04 Å². The van der Waals surface area contributed by atoms with Crippen molar-refractivity contribution in [1.82, 2.24) is 10.3 Å². The second-order valence-corrected chi connectivity index (χ2v) is 7.11. The SMILES string of the molecule is CC(=O)c1c(C)[nH]c(C(=O)NC(C)c2ccc3c(c2)CCCC3)c1C. The number of Topliss-reactive ketones (excluding diaryl/α,β-unsaturated/α-hetero) is 1. The van der Waals surface area contributed by atoms with Crippen molar-refractivity contribution in [3.8, 4) is 0 Å². The summed E-state index contributed by atoms with van der Waals surface area (Å²) in [7, 11) is 0. The molecule has 0 saturated carbocycles. The van der Waals surface area contributed by atoms with Crippen LogP contribution in [0.4, 0.5) is 0 Å². The molecule has 2 aromatic rings. The molecule has 0 radical (unpaired) electrons. The Morgan fingerprint density at radius 1 is 1.12 bits per heavy atom. The third kappa shape index (κ3) is 3.39. The van der Waals surface area contributed by atoms with Gasteiger partial charge in [-0.05, 0) is 75.6 Å². The van der Waals surface area contributed by atoms with Crippen molar-refractivity contribution in [2.45, 2.75) is 59.4 Å². The Hall–Kier alpha value is -2.36. The molecule has 1 heterocycles. The van der Waals surface area contributed by atoms with Crippen molar-refractivity contribution in [2.75, 3.05) is 0 Å². The highest BCUT2D eigenvalue weighted by atomic mass is 16.2. The number of carbonyl (C=O) groups excluding carboxylic acids is 2. The zero-order valence-electron chi connectivity index (χ0n) is 15.5. The molecule has 1 aliphatic carbocycles. The molecular formula is C21H26N2O2. The number of benzene rings is 1. The third-order valence-corrected chi connectivity index (χ3v) is 5.24.